The SMILES string of the molecule is CC(=O)Cc1ccc(Br)c(N(C)C)c1. The Morgan fingerprint density at radius 3 is 2.57 bits per heavy atom. The van der Waals surface area contributed by atoms with E-state index in [1.807, 2.05) is 37.2 Å². The Morgan fingerprint density at radius 2 is 2.07 bits per heavy atom. The molecule has 0 N–H and O–H groups in total. The van der Waals surface area contributed by atoms with E-state index in [4.69, 9.17) is 0 Å². The minimum absolute atomic E-state index is 0.192. The third-order valence-corrected chi connectivity index (χ3v) is 2.62. The lowest BCUT2D eigenvalue weighted by Crippen LogP contribution is -2.10. The average molecular weight is 256 g/mol. The molecule has 1 aromatic rings. The second-order valence-corrected chi connectivity index (χ2v) is 4.41. The van der Waals surface area contributed by atoms with Crippen LogP contribution in [0.4, 0.5) is 5.69 Å². The molecule has 0 heterocycles. The maximum absolute atomic E-state index is 11.0. The van der Waals surface area contributed by atoms with Crippen molar-refractivity contribution in [1.82, 2.24) is 0 Å². The molecule has 76 valence electrons. The van der Waals surface area contributed by atoms with Crippen molar-refractivity contribution in [2.75, 3.05) is 19.0 Å². The molecule has 2 nitrogen and oxygen atoms in total. The number of ketones is 1. The van der Waals surface area contributed by atoms with E-state index < -0.39 is 0 Å². The van der Waals surface area contributed by atoms with Gasteiger partial charge in [0.2, 0.25) is 0 Å². The summed E-state index contributed by atoms with van der Waals surface area (Å²) in [6, 6.07) is 5.98. The number of anilines is 1. The van der Waals surface area contributed by atoms with Gasteiger partial charge < -0.3 is 4.90 Å². The number of carbonyl (C=O) groups excluding carboxylic acids is 1. The van der Waals surface area contributed by atoms with Crippen LogP contribution in [0.1, 0.15) is 12.5 Å². The van der Waals surface area contributed by atoms with Gasteiger partial charge in [0.1, 0.15) is 5.78 Å². The monoisotopic (exact) mass is 255 g/mol. The Morgan fingerprint density at radius 1 is 1.43 bits per heavy atom. The Balaban J connectivity index is 3.00. The van der Waals surface area contributed by atoms with Gasteiger partial charge in [0, 0.05) is 25.0 Å². The number of hydrogen-bond acceptors (Lipinski definition) is 2. The van der Waals surface area contributed by atoms with E-state index in [1.165, 1.54) is 0 Å². The van der Waals surface area contributed by atoms with Crippen LogP contribution in [-0.2, 0) is 11.2 Å². The maximum Gasteiger partial charge on any atom is 0.134 e. The third-order valence-electron chi connectivity index (χ3n) is 1.95. The largest absolute Gasteiger partial charge is 0.377 e. The van der Waals surface area contributed by atoms with Gasteiger partial charge in [-0.2, -0.15) is 0 Å². The van der Waals surface area contributed by atoms with E-state index in [-0.39, 0.29) is 5.78 Å². The van der Waals surface area contributed by atoms with E-state index in [0.717, 1.165) is 15.7 Å². The van der Waals surface area contributed by atoms with Gasteiger partial charge >= 0.3 is 0 Å². The lowest BCUT2D eigenvalue weighted by Gasteiger charge is -2.15. The fourth-order valence-electron chi connectivity index (χ4n) is 1.30. The predicted octanol–water partition coefficient (Wildman–Crippen LogP) is 2.65. The highest BCUT2D eigenvalue weighted by Crippen LogP contribution is 2.25. The van der Waals surface area contributed by atoms with Gasteiger partial charge in [0.15, 0.2) is 0 Å². The summed E-state index contributed by atoms with van der Waals surface area (Å²) in [4.78, 5) is 13.0. The van der Waals surface area contributed by atoms with Crippen LogP contribution in [0.25, 0.3) is 0 Å². The first-order valence-corrected chi connectivity index (χ1v) is 5.25. The molecule has 0 aliphatic carbocycles. The van der Waals surface area contributed by atoms with Crippen LogP contribution in [0, 0.1) is 0 Å². The second kappa shape index (κ2) is 4.60. The summed E-state index contributed by atoms with van der Waals surface area (Å²) in [7, 11) is 3.97. The number of rotatable bonds is 3. The molecule has 14 heavy (non-hydrogen) atoms. The number of carbonyl (C=O) groups is 1. The van der Waals surface area contributed by atoms with Gasteiger partial charge in [-0.05, 0) is 40.5 Å². The summed E-state index contributed by atoms with van der Waals surface area (Å²) in [5.41, 5.74) is 2.16. The minimum Gasteiger partial charge on any atom is -0.377 e. The first kappa shape index (κ1) is 11.2. The number of Topliss-reactive ketones (excluding diaryl/α,β-unsaturated/α-hetero) is 1. The topological polar surface area (TPSA) is 20.3 Å². The van der Waals surface area contributed by atoms with Gasteiger partial charge in [-0.1, -0.05) is 6.07 Å². The fourth-order valence-corrected chi connectivity index (χ4v) is 1.90. The van der Waals surface area contributed by atoms with Gasteiger partial charge in [-0.15, -0.1) is 0 Å². The molecule has 0 radical (unpaired) electrons. The molecule has 0 fully saturated rings. The highest BCUT2D eigenvalue weighted by atomic mass is 79.9. The van der Waals surface area contributed by atoms with Crippen LogP contribution in [0.2, 0.25) is 0 Å². The molecule has 1 aromatic carbocycles. The smallest absolute Gasteiger partial charge is 0.134 e. The summed E-state index contributed by atoms with van der Waals surface area (Å²) in [6.07, 6.45) is 0.508. The number of nitrogens with zero attached hydrogens (tertiary/aromatic N) is 1. The number of benzene rings is 1. The Labute approximate surface area is 93.0 Å². The van der Waals surface area contributed by atoms with Crippen molar-refractivity contribution in [2.24, 2.45) is 0 Å². The molecule has 0 amide bonds. The zero-order valence-electron chi connectivity index (χ0n) is 8.67. The van der Waals surface area contributed by atoms with Crippen molar-refractivity contribution in [1.29, 1.82) is 0 Å². The van der Waals surface area contributed by atoms with Gasteiger partial charge in [-0.3, -0.25) is 4.79 Å². The zero-order valence-corrected chi connectivity index (χ0v) is 10.3. The third kappa shape index (κ3) is 2.84. The van der Waals surface area contributed by atoms with Crippen molar-refractivity contribution in [2.45, 2.75) is 13.3 Å². The number of hydrogen-bond donors (Lipinski definition) is 0. The molecule has 0 aromatic heterocycles. The molecular weight excluding hydrogens is 242 g/mol. The van der Waals surface area contributed by atoms with E-state index in [9.17, 15) is 4.79 Å². The van der Waals surface area contributed by atoms with Crippen LogP contribution in [0.5, 0.6) is 0 Å². The van der Waals surface area contributed by atoms with E-state index in [0.29, 0.717) is 6.42 Å². The molecule has 0 saturated heterocycles. The summed E-state index contributed by atoms with van der Waals surface area (Å²) in [6.45, 7) is 1.61. The van der Waals surface area contributed by atoms with E-state index in [2.05, 4.69) is 15.9 Å². The van der Waals surface area contributed by atoms with Crippen LogP contribution < -0.4 is 4.90 Å². The molecule has 0 aliphatic heterocycles. The summed E-state index contributed by atoms with van der Waals surface area (Å²) in [5, 5.41) is 0. The summed E-state index contributed by atoms with van der Waals surface area (Å²) in [5.74, 6) is 0.192. The summed E-state index contributed by atoms with van der Waals surface area (Å²) < 4.78 is 1.05. The van der Waals surface area contributed by atoms with Gasteiger partial charge in [-0.25, -0.2) is 0 Å². The molecule has 0 atom stereocenters. The first-order chi connectivity index (χ1) is 6.50. The van der Waals surface area contributed by atoms with Crippen molar-refractivity contribution >= 4 is 27.4 Å². The highest BCUT2D eigenvalue weighted by Gasteiger charge is 2.04. The van der Waals surface area contributed by atoms with E-state index >= 15 is 0 Å². The highest BCUT2D eigenvalue weighted by molar-refractivity contribution is 9.10. The normalized spacial score (nSPS) is 10.0. The molecule has 0 bridgehead atoms. The average Bonchev–Trinajstić information content (AvgIpc) is 2.07. The van der Waals surface area contributed by atoms with Crippen LogP contribution in [0.15, 0.2) is 22.7 Å². The van der Waals surface area contributed by atoms with E-state index in [1.54, 1.807) is 6.92 Å². The quantitative estimate of drug-likeness (QED) is 0.828. The molecule has 0 spiro atoms. The molecule has 0 unspecified atom stereocenters. The predicted molar refractivity (Wildman–Crippen MR) is 62.9 cm³/mol. The van der Waals surface area contributed by atoms with Crippen molar-refractivity contribution in [3.05, 3.63) is 28.2 Å². The van der Waals surface area contributed by atoms with Crippen molar-refractivity contribution in [3.8, 4) is 0 Å². The van der Waals surface area contributed by atoms with Crippen molar-refractivity contribution in [3.63, 3.8) is 0 Å². The molecular formula is C11H14BrNO. The summed E-state index contributed by atoms with van der Waals surface area (Å²) >= 11 is 3.47. The number of halogens is 1. The van der Waals surface area contributed by atoms with Gasteiger partial charge in [0.25, 0.3) is 0 Å². The molecule has 3 heteroatoms. The Hall–Kier alpha value is -0.830. The van der Waals surface area contributed by atoms with Crippen LogP contribution >= 0.6 is 15.9 Å². The maximum atomic E-state index is 11.0. The van der Waals surface area contributed by atoms with Gasteiger partial charge in [0.05, 0.1) is 5.69 Å². The lowest BCUT2D eigenvalue weighted by atomic mass is 10.1. The lowest BCUT2D eigenvalue weighted by molar-refractivity contribution is -0.116. The molecule has 0 aliphatic rings. The van der Waals surface area contributed by atoms with Crippen LogP contribution in [-0.4, -0.2) is 19.9 Å². The minimum atomic E-state index is 0.192. The standard InChI is InChI=1S/C11H14BrNO/c1-8(14)6-9-4-5-10(12)11(7-9)13(2)3/h4-5,7H,6H2,1-3H3. The Bertz CT molecular complexity index is 347. The Kier molecular flexibility index (Phi) is 3.69. The molecule has 0 saturated carbocycles. The van der Waals surface area contributed by atoms with Crippen molar-refractivity contribution < 1.29 is 4.79 Å². The molecule has 1 rings (SSSR count). The zero-order chi connectivity index (χ0) is 10.7. The van der Waals surface area contributed by atoms with Crippen LogP contribution in [0.3, 0.4) is 0 Å². The fraction of sp³-hybridized carbons (Fsp3) is 0.364. The second-order valence-electron chi connectivity index (χ2n) is 3.56. The first-order valence-electron chi connectivity index (χ1n) is 4.46.